The van der Waals surface area contributed by atoms with E-state index in [2.05, 4.69) is 31.0 Å². The Kier molecular flexibility index (Phi) is 5.32. The minimum Gasteiger partial charge on any atom is -0.481 e. The Balaban J connectivity index is 1.88. The maximum Gasteiger partial charge on any atom is 0.317 e. The second-order valence-corrected chi connectivity index (χ2v) is 6.69. The minimum atomic E-state index is -0.734. The fourth-order valence-electron chi connectivity index (χ4n) is 4.12. The van der Waals surface area contributed by atoms with E-state index in [4.69, 9.17) is 0 Å². The van der Waals surface area contributed by atoms with Crippen LogP contribution in [-0.4, -0.2) is 65.7 Å². The van der Waals surface area contributed by atoms with Crippen molar-refractivity contribution in [3.05, 3.63) is 0 Å². The quantitative estimate of drug-likeness (QED) is 0.782. The number of amides is 2. The van der Waals surface area contributed by atoms with Crippen molar-refractivity contribution in [1.29, 1.82) is 0 Å². The Morgan fingerprint density at radius 3 is 2.64 bits per heavy atom. The van der Waals surface area contributed by atoms with Crippen molar-refractivity contribution >= 4 is 12.0 Å². The van der Waals surface area contributed by atoms with Crippen LogP contribution in [0.3, 0.4) is 0 Å². The summed E-state index contributed by atoms with van der Waals surface area (Å²) < 4.78 is 0. The summed E-state index contributed by atoms with van der Waals surface area (Å²) in [7, 11) is 0. The van der Waals surface area contributed by atoms with Gasteiger partial charge in [0.2, 0.25) is 0 Å². The number of hydrogen-bond donors (Lipinski definition) is 2. The highest BCUT2D eigenvalue weighted by Gasteiger charge is 2.55. The average molecular weight is 311 g/mol. The monoisotopic (exact) mass is 311 g/mol. The molecule has 2 fully saturated rings. The van der Waals surface area contributed by atoms with Gasteiger partial charge in [0.25, 0.3) is 0 Å². The maximum atomic E-state index is 12.3. The van der Waals surface area contributed by atoms with Gasteiger partial charge in [-0.25, -0.2) is 4.79 Å². The van der Waals surface area contributed by atoms with Crippen LogP contribution in [0.5, 0.6) is 0 Å². The number of carbonyl (C=O) groups excluding carboxylic acids is 1. The molecule has 0 aromatic heterocycles. The molecule has 2 amide bonds. The molecule has 1 aliphatic heterocycles. The molecule has 126 valence electrons. The molecule has 1 saturated heterocycles. The fraction of sp³-hybridized carbons (Fsp3) is 0.875. The first-order chi connectivity index (χ1) is 10.4. The van der Waals surface area contributed by atoms with E-state index in [0.29, 0.717) is 26.1 Å². The molecule has 2 aliphatic rings. The lowest BCUT2D eigenvalue weighted by molar-refractivity contribution is -0.149. The zero-order chi connectivity index (χ0) is 16.3. The lowest BCUT2D eigenvalue weighted by Crippen LogP contribution is -2.47. The Labute approximate surface area is 132 Å². The van der Waals surface area contributed by atoms with Crippen molar-refractivity contribution in [2.24, 2.45) is 11.3 Å². The summed E-state index contributed by atoms with van der Waals surface area (Å²) in [6, 6.07) is 0.170. The maximum absolute atomic E-state index is 12.3. The molecule has 0 bridgehead atoms. The van der Waals surface area contributed by atoms with E-state index in [1.165, 1.54) is 0 Å². The molecule has 6 heteroatoms. The molecule has 6 nitrogen and oxygen atoms in total. The molecule has 1 unspecified atom stereocenters. The van der Waals surface area contributed by atoms with Crippen molar-refractivity contribution in [2.75, 3.05) is 32.7 Å². The van der Waals surface area contributed by atoms with Crippen LogP contribution in [0.1, 0.15) is 40.0 Å². The number of likely N-dealkylation sites (tertiary alicyclic amines) is 1. The third-order valence-electron chi connectivity index (χ3n) is 5.57. The summed E-state index contributed by atoms with van der Waals surface area (Å²) in [4.78, 5) is 28.0. The van der Waals surface area contributed by atoms with Crippen LogP contribution < -0.4 is 5.32 Å². The van der Waals surface area contributed by atoms with Crippen molar-refractivity contribution in [3.8, 4) is 0 Å². The predicted octanol–water partition coefficient (Wildman–Crippen LogP) is 1.61. The topological polar surface area (TPSA) is 72.9 Å². The summed E-state index contributed by atoms with van der Waals surface area (Å²) >= 11 is 0. The fourth-order valence-corrected chi connectivity index (χ4v) is 4.12. The van der Waals surface area contributed by atoms with Crippen LogP contribution in [0, 0.1) is 11.3 Å². The summed E-state index contributed by atoms with van der Waals surface area (Å²) in [6.45, 7) is 9.78. The van der Waals surface area contributed by atoms with Crippen molar-refractivity contribution in [1.82, 2.24) is 15.1 Å². The first kappa shape index (κ1) is 17.1. The third kappa shape index (κ3) is 3.07. The number of urea groups is 1. The summed E-state index contributed by atoms with van der Waals surface area (Å²) in [5, 5.41) is 12.5. The number of likely N-dealkylation sites (N-methyl/N-ethyl adjacent to an activating group) is 1. The largest absolute Gasteiger partial charge is 0.481 e. The van der Waals surface area contributed by atoms with Gasteiger partial charge in [-0.3, -0.25) is 9.69 Å². The molecule has 0 aromatic rings. The normalized spacial score (nSPS) is 28.7. The van der Waals surface area contributed by atoms with E-state index in [-0.39, 0.29) is 18.0 Å². The molecular weight excluding hydrogens is 282 g/mol. The smallest absolute Gasteiger partial charge is 0.317 e. The number of hydrogen-bond acceptors (Lipinski definition) is 3. The Hall–Kier alpha value is -1.30. The number of carbonyl (C=O) groups is 2. The van der Waals surface area contributed by atoms with Gasteiger partial charge in [0.05, 0.1) is 5.41 Å². The second kappa shape index (κ2) is 6.86. The second-order valence-electron chi connectivity index (χ2n) is 6.69. The summed E-state index contributed by atoms with van der Waals surface area (Å²) in [6.07, 6.45) is 2.59. The van der Waals surface area contributed by atoms with Gasteiger partial charge in [-0.2, -0.15) is 0 Å². The van der Waals surface area contributed by atoms with Gasteiger partial charge in [-0.15, -0.1) is 0 Å². The zero-order valence-electron chi connectivity index (χ0n) is 14.0. The van der Waals surface area contributed by atoms with Crippen LogP contribution in [0.2, 0.25) is 0 Å². The van der Waals surface area contributed by atoms with E-state index in [1.807, 2.05) is 0 Å². The van der Waals surface area contributed by atoms with Crippen LogP contribution >= 0.6 is 0 Å². The molecule has 0 spiro atoms. The van der Waals surface area contributed by atoms with Gasteiger partial charge in [0.1, 0.15) is 0 Å². The average Bonchev–Trinajstić information content (AvgIpc) is 3.03. The Morgan fingerprint density at radius 2 is 2.09 bits per heavy atom. The number of rotatable bonds is 6. The van der Waals surface area contributed by atoms with Crippen molar-refractivity contribution in [3.63, 3.8) is 0 Å². The SMILES string of the molecule is CCN(CC)C(C)CNC(=O)N1C[C@@H]2CCC[C@@]2(C(=O)O)C1. The molecular formula is C16H29N3O3. The van der Waals surface area contributed by atoms with E-state index in [1.54, 1.807) is 4.90 Å². The van der Waals surface area contributed by atoms with Gasteiger partial charge in [0.15, 0.2) is 0 Å². The highest BCUT2D eigenvalue weighted by atomic mass is 16.4. The van der Waals surface area contributed by atoms with Crippen molar-refractivity contribution in [2.45, 2.75) is 46.1 Å². The lowest BCUT2D eigenvalue weighted by Gasteiger charge is -2.28. The zero-order valence-corrected chi connectivity index (χ0v) is 14.0. The molecule has 22 heavy (non-hydrogen) atoms. The number of carboxylic acids is 1. The molecule has 1 heterocycles. The minimum absolute atomic E-state index is 0.117. The Morgan fingerprint density at radius 1 is 1.41 bits per heavy atom. The van der Waals surface area contributed by atoms with E-state index in [9.17, 15) is 14.7 Å². The van der Waals surface area contributed by atoms with Crippen molar-refractivity contribution < 1.29 is 14.7 Å². The number of aliphatic carboxylic acids is 1. The van der Waals surface area contributed by atoms with Crippen LogP contribution in [-0.2, 0) is 4.79 Å². The van der Waals surface area contributed by atoms with E-state index >= 15 is 0 Å². The molecule has 3 atom stereocenters. The molecule has 0 radical (unpaired) electrons. The van der Waals surface area contributed by atoms with Crippen LogP contribution in [0.25, 0.3) is 0 Å². The summed E-state index contributed by atoms with van der Waals surface area (Å²) in [5.74, 6) is -0.613. The summed E-state index contributed by atoms with van der Waals surface area (Å²) in [5.41, 5.74) is -0.693. The third-order valence-corrected chi connectivity index (χ3v) is 5.57. The van der Waals surface area contributed by atoms with Gasteiger partial charge in [-0.1, -0.05) is 20.3 Å². The molecule has 2 N–H and O–H groups in total. The molecule has 2 rings (SSSR count). The first-order valence-corrected chi connectivity index (χ1v) is 8.44. The highest BCUT2D eigenvalue weighted by Crippen LogP contribution is 2.48. The van der Waals surface area contributed by atoms with Gasteiger partial charge in [0, 0.05) is 25.7 Å². The number of nitrogens with zero attached hydrogens (tertiary/aromatic N) is 2. The standard InChI is InChI=1S/C16H29N3O3/c1-4-18(5-2)12(3)9-17-15(22)19-10-13-7-6-8-16(13,11-19)14(20)21/h12-13H,4-11H2,1-3H3,(H,17,22)(H,20,21)/t12?,13-,16+/m0/s1. The molecule has 1 saturated carbocycles. The Bertz CT molecular complexity index is 425. The number of carboxylic acid groups (broad SMARTS) is 1. The first-order valence-electron chi connectivity index (χ1n) is 8.44. The van der Waals surface area contributed by atoms with E-state index in [0.717, 1.165) is 25.9 Å². The van der Waals surface area contributed by atoms with E-state index < -0.39 is 11.4 Å². The predicted molar refractivity (Wildman–Crippen MR) is 84.8 cm³/mol. The number of fused-ring (bicyclic) bond motifs is 1. The molecule has 1 aliphatic carbocycles. The molecule has 0 aromatic carbocycles. The highest BCUT2D eigenvalue weighted by molar-refractivity contribution is 5.80. The lowest BCUT2D eigenvalue weighted by atomic mass is 9.81. The van der Waals surface area contributed by atoms with Gasteiger partial charge < -0.3 is 15.3 Å². The van der Waals surface area contributed by atoms with Gasteiger partial charge >= 0.3 is 12.0 Å². The van der Waals surface area contributed by atoms with Gasteiger partial charge in [-0.05, 0) is 38.8 Å². The van der Waals surface area contributed by atoms with Crippen LogP contribution in [0.4, 0.5) is 4.79 Å². The van der Waals surface area contributed by atoms with Crippen LogP contribution in [0.15, 0.2) is 0 Å². The number of nitrogens with one attached hydrogen (secondary N) is 1.